The van der Waals surface area contributed by atoms with Gasteiger partial charge in [0.05, 0.1) is 11.8 Å². The van der Waals surface area contributed by atoms with E-state index in [4.69, 9.17) is 0 Å². The first-order chi connectivity index (χ1) is 16.9. The average molecular weight is 480 g/mol. The van der Waals surface area contributed by atoms with Crippen LogP contribution in [-0.2, 0) is 25.7 Å². The number of nitrogens with zero attached hydrogens (tertiary/aromatic N) is 2. The molecule has 1 aromatic rings. The second-order valence-electron chi connectivity index (χ2n) is 10.1. The Morgan fingerprint density at radius 2 is 1.69 bits per heavy atom. The van der Waals surface area contributed by atoms with Crippen molar-refractivity contribution in [2.45, 2.75) is 83.8 Å². The monoisotopic (exact) mass is 479 g/mol. The molecule has 2 fully saturated rings. The normalized spacial score (nSPS) is 22.9. The number of imide groups is 1. The van der Waals surface area contributed by atoms with Crippen molar-refractivity contribution >= 4 is 23.6 Å². The number of amides is 4. The Balaban J connectivity index is 1.49. The number of hydrogen-bond donors (Lipinski definition) is 1. The molecule has 0 radical (unpaired) electrons. The predicted octanol–water partition coefficient (Wildman–Crippen LogP) is 3.50. The summed E-state index contributed by atoms with van der Waals surface area (Å²) < 4.78 is 0. The number of aryl methyl sites for hydroxylation is 1. The number of benzene rings is 1. The van der Waals surface area contributed by atoms with Gasteiger partial charge in [-0.15, -0.1) is 0 Å². The molecule has 4 amide bonds. The highest BCUT2D eigenvalue weighted by molar-refractivity contribution is 6.05. The van der Waals surface area contributed by atoms with Crippen molar-refractivity contribution in [1.82, 2.24) is 15.1 Å². The van der Waals surface area contributed by atoms with Gasteiger partial charge in [0.25, 0.3) is 0 Å². The fourth-order valence-electron chi connectivity index (χ4n) is 5.70. The highest BCUT2D eigenvalue weighted by atomic mass is 16.2. The lowest BCUT2D eigenvalue weighted by molar-refractivity contribution is -0.144. The minimum atomic E-state index is -0.598. The van der Waals surface area contributed by atoms with E-state index in [2.05, 4.69) is 5.32 Å². The molecule has 1 saturated carbocycles. The van der Waals surface area contributed by atoms with Crippen LogP contribution in [0, 0.1) is 18.8 Å². The van der Waals surface area contributed by atoms with E-state index in [0.29, 0.717) is 25.8 Å². The molecule has 3 atom stereocenters. The van der Waals surface area contributed by atoms with Crippen molar-refractivity contribution in [3.05, 3.63) is 47.5 Å². The molecule has 2 aliphatic carbocycles. The zero-order chi connectivity index (χ0) is 24.9. The topological polar surface area (TPSA) is 86.8 Å². The van der Waals surface area contributed by atoms with E-state index in [1.807, 2.05) is 50.3 Å². The van der Waals surface area contributed by atoms with Crippen molar-refractivity contribution in [1.29, 1.82) is 0 Å². The van der Waals surface area contributed by atoms with Gasteiger partial charge in [0.2, 0.25) is 23.6 Å². The molecule has 1 aromatic carbocycles. The third kappa shape index (κ3) is 5.49. The number of hydrogen-bond acceptors (Lipinski definition) is 4. The van der Waals surface area contributed by atoms with E-state index >= 15 is 0 Å². The highest BCUT2D eigenvalue weighted by Gasteiger charge is 2.47. The van der Waals surface area contributed by atoms with Gasteiger partial charge in [-0.2, -0.15) is 0 Å². The predicted molar refractivity (Wildman–Crippen MR) is 133 cm³/mol. The van der Waals surface area contributed by atoms with Crippen LogP contribution in [-0.4, -0.2) is 52.1 Å². The van der Waals surface area contributed by atoms with E-state index in [0.717, 1.165) is 36.8 Å². The lowest BCUT2D eigenvalue weighted by Gasteiger charge is -2.32. The number of rotatable bonds is 9. The fraction of sp³-hybridized carbons (Fsp3) is 0.571. The molecule has 1 saturated heterocycles. The zero-order valence-corrected chi connectivity index (χ0v) is 20.9. The van der Waals surface area contributed by atoms with Gasteiger partial charge in [-0.05, 0) is 50.2 Å². The van der Waals surface area contributed by atoms with Crippen LogP contribution in [0.15, 0.2) is 36.4 Å². The number of carbonyl (C=O) groups excluding carboxylic acids is 4. The molecule has 7 heteroatoms. The maximum absolute atomic E-state index is 13.6. The van der Waals surface area contributed by atoms with Crippen LogP contribution in [0.1, 0.15) is 69.4 Å². The van der Waals surface area contributed by atoms with Gasteiger partial charge in [-0.25, -0.2) is 0 Å². The van der Waals surface area contributed by atoms with Crippen LogP contribution in [0.3, 0.4) is 0 Å². The van der Waals surface area contributed by atoms with Gasteiger partial charge in [-0.3, -0.25) is 24.1 Å². The van der Waals surface area contributed by atoms with E-state index < -0.39 is 6.04 Å². The molecule has 0 bridgehead atoms. The minimum Gasteiger partial charge on any atom is -0.352 e. The molecule has 1 heterocycles. The van der Waals surface area contributed by atoms with Crippen molar-refractivity contribution in [2.75, 3.05) is 6.54 Å². The van der Waals surface area contributed by atoms with Crippen molar-refractivity contribution in [3.63, 3.8) is 0 Å². The van der Waals surface area contributed by atoms with Gasteiger partial charge >= 0.3 is 0 Å². The molecular weight excluding hydrogens is 442 g/mol. The van der Waals surface area contributed by atoms with Crippen LogP contribution in [0.2, 0.25) is 0 Å². The van der Waals surface area contributed by atoms with Gasteiger partial charge in [0.15, 0.2) is 0 Å². The molecule has 35 heavy (non-hydrogen) atoms. The molecule has 1 aliphatic heterocycles. The fourth-order valence-corrected chi connectivity index (χ4v) is 5.70. The Bertz CT molecular complexity index is 972. The Morgan fingerprint density at radius 3 is 2.29 bits per heavy atom. The maximum atomic E-state index is 13.6. The Morgan fingerprint density at radius 1 is 1.06 bits per heavy atom. The van der Waals surface area contributed by atoms with E-state index in [9.17, 15) is 19.2 Å². The second kappa shape index (κ2) is 11.2. The summed E-state index contributed by atoms with van der Waals surface area (Å²) in [6.45, 7) is 4.30. The zero-order valence-electron chi connectivity index (χ0n) is 20.9. The van der Waals surface area contributed by atoms with Crippen molar-refractivity contribution in [2.24, 2.45) is 11.8 Å². The first kappa shape index (κ1) is 25.1. The largest absolute Gasteiger partial charge is 0.352 e. The molecule has 188 valence electrons. The maximum Gasteiger partial charge on any atom is 0.243 e. The first-order valence-electron chi connectivity index (χ1n) is 13.0. The van der Waals surface area contributed by atoms with Gasteiger partial charge in [0, 0.05) is 25.6 Å². The molecule has 1 unspecified atom stereocenters. The van der Waals surface area contributed by atoms with Crippen molar-refractivity contribution in [3.8, 4) is 0 Å². The summed E-state index contributed by atoms with van der Waals surface area (Å²) in [7, 11) is 0. The molecule has 7 nitrogen and oxygen atoms in total. The number of carbonyl (C=O) groups is 4. The quantitative estimate of drug-likeness (QED) is 0.434. The summed E-state index contributed by atoms with van der Waals surface area (Å²) >= 11 is 0. The number of fused-ring (bicyclic) bond motifs is 1. The molecule has 3 aliphatic rings. The van der Waals surface area contributed by atoms with Crippen LogP contribution in [0.25, 0.3) is 0 Å². The summed E-state index contributed by atoms with van der Waals surface area (Å²) in [5.74, 6) is -1.28. The lowest BCUT2D eigenvalue weighted by atomic mass is 9.85. The van der Waals surface area contributed by atoms with E-state index in [-0.39, 0.29) is 54.5 Å². The SMILES string of the molecule is CCC(C(=O)NC1CCCC1)N(Cc1ccccc1C)C(=O)CCN1C(=O)[C@H]2CC=CC[C@H]2C1=O. The van der Waals surface area contributed by atoms with Crippen molar-refractivity contribution < 1.29 is 19.2 Å². The summed E-state index contributed by atoms with van der Waals surface area (Å²) in [5.41, 5.74) is 2.04. The van der Waals surface area contributed by atoms with Crippen LogP contribution >= 0.6 is 0 Å². The summed E-state index contributed by atoms with van der Waals surface area (Å²) in [6, 6.07) is 7.43. The smallest absolute Gasteiger partial charge is 0.243 e. The van der Waals surface area contributed by atoms with Crippen LogP contribution in [0.4, 0.5) is 0 Å². The summed E-state index contributed by atoms with van der Waals surface area (Å²) in [5, 5.41) is 3.15. The Kier molecular flexibility index (Phi) is 8.04. The first-order valence-corrected chi connectivity index (χ1v) is 13.0. The number of nitrogens with one attached hydrogen (secondary N) is 1. The summed E-state index contributed by atoms with van der Waals surface area (Å²) in [6.07, 6.45) is 9.77. The summed E-state index contributed by atoms with van der Waals surface area (Å²) in [4.78, 5) is 55.4. The minimum absolute atomic E-state index is 0.0173. The number of likely N-dealkylation sites (tertiary alicyclic amines) is 1. The Labute approximate surface area is 207 Å². The third-order valence-electron chi connectivity index (χ3n) is 7.84. The van der Waals surface area contributed by atoms with E-state index in [1.54, 1.807) is 4.90 Å². The van der Waals surface area contributed by atoms with Crippen LogP contribution < -0.4 is 5.32 Å². The molecule has 0 spiro atoms. The Hall–Kier alpha value is -2.96. The second-order valence-corrected chi connectivity index (χ2v) is 10.1. The van der Waals surface area contributed by atoms with Gasteiger partial charge < -0.3 is 10.2 Å². The van der Waals surface area contributed by atoms with Crippen LogP contribution in [0.5, 0.6) is 0 Å². The third-order valence-corrected chi connectivity index (χ3v) is 7.84. The lowest BCUT2D eigenvalue weighted by Crippen LogP contribution is -2.51. The molecular formula is C28H37N3O4. The average Bonchev–Trinajstić information content (AvgIpc) is 3.45. The highest BCUT2D eigenvalue weighted by Crippen LogP contribution is 2.35. The van der Waals surface area contributed by atoms with Gasteiger partial charge in [-0.1, -0.05) is 56.2 Å². The standard InChI is InChI=1S/C28H37N3O4/c1-3-24(26(33)29-21-12-6-7-13-21)31(18-20-11-5-4-10-19(20)2)25(32)16-17-30-27(34)22-14-8-9-15-23(22)28(30)35/h4-5,8-11,21-24H,3,6-7,12-18H2,1-2H3,(H,29,33)/t22-,23+,24?. The van der Waals surface area contributed by atoms with Gasteiger partial charge in [0.1, 0.15) is 6.04 Å². The molecule has 0 aromatic heterocycles. The van der Waals surface area contributed by atoms with E-state index in [1.165, 1.54) is 4.90 Å². The number of allylic oxidation sites excluding steroid dienone is 2. The molecule has 1 N–H and O–H groups in total. The molecule has 4 rings (SSSR count).